The minimum absolute atomic E-state index is 0.0408. The van der Waals surface area contributed by atoms with Gasteiger partial charge in [-0.15, -0.1) is 0 Å². The molecule has 2 aliphatic heterocycles. The molecule has 0 saturated carbocycles. The second-order valence-electron chi connectivity index (χ2n) is 8.58. The molecule has 0 aliphatic carbocycles. The van der Waals surface area contributed by atoms with Crippen LogP contribution >= 0.6 is 0 Å². The maximum absolute atomic E-state index is 14.0. The smallest absolute Gasteiger partial charge is 0.378 e. The number of ether oxygens (including phenoxy) is 1. The zero-order valence-corrected chi connectivity index (χ0v) is 20.1. The van der Waals surface area contributed by atoms with Crippen molar-refractivity contribution < 1.29 is 35.5 Å². The SMILES string of the molecule is NS(=O)(=O)c1cc(CF)c(N2CCOCC2)c(C(=O)N2CCN(c3ccc(C(F)(F)F)cc3)CC2)c1. The number of sulfonamides is 1. The number of primary sulfonamides is 1. The van der Waals surface area contributed by atoms with E-state index >= 15 is 0 Å². The first-order chi connectivity index (χ1) is 17.0. The third kappa shape index (κ3) is 5.57. The fraction of sp³-hybridized carbons (Fsp3) is 0.435. The molecule has 4 rings (SSSR count). The second kappa shape index (κ2) is 10.2. The lowest BCUT2D eigenvalue weighted by molar-refractivity contribution is -0.137. The molecule has 0 aromatic heterocycles. The van der Waals surface area contributed by atoms with Crippen molar-refractivity contribution in [3.8, 4) is 0 Å². The fourth-order valence-corrected chi connectivity index (χ4v) is 5.04. The number of nitrogens with two attached hydrogens (primary N) is 1. The van der Waals surface area contributed by atoms with Gasteiger partial charge in [0.05, 0.1) is 34.9 Å². The van der Waals surface area contributed by atoms with Crippen molar-refractivity contribution in [3.05, 3.63) is 53.1 Å². The van der Waals surface area contributed by atoms with Gasteiger partial charge in [-0.2, -0.15) is 13.2 Å². The molecule has 2 aliphatic rings. The van der Waals surface area contributed by atoms with Gasteiger partial charge in [-0.1, -0.05) is 0 Å². The summed E-state index contributed by atoms with van der Waals surface area (Å²) in [5.41, 5.74) is 0.270. The predicted molar refractivity (Wildman–Crippen MR) is 125 cm³/mol. The van der Waals surface area contributed by atoms with E-state index in [2.05, 4.69) is 0 Å². The molecule has 0 spiro atoms. The number of nitrogens with zero attached hydrogens (tertiary/aromatic N) is 3. The van der Waals surface area contributed by atoms with E-state index in [1.807, 2.05) is 4.90 Å². The molecule has 36 heavy (non-hydrogen) atoms. The standard InChI is InChI=1S/C23H26F4N4O4S/c24-15-16-13-19(36(28,33)34)14-20(21(16)30-9-11-35-12-10-30)22(32)31-7-5-29(6-8-31)18-3-1-17(2-4-18)23(25,26)27/h1-4,13-14H,5-12,15H2,(H2,28,33,34). The molecular weight excluding hydrogens is 504 g/mol. The topological polar surface area (TPSA) is 96.2 Å². The molecule has 1 amide bonds. The van der Waals surface area contributed by atoms with E-state index in [1.165, 1.54) is 23.1 Å². The first-order valence-electron chi connectivity index (χ1n) is 11.3. The van der Waals surface area contributed by atoms with Crippen LogP contribution in [0.5, 0.6) is 0 Å². The molecule has 2 saturated heterocycles. The number of carbonyl (C=O) groups is 1. The molecule has 0 radical (unpaired) electrons. The monoisotopic (exact) mass is 530 g/mol. The summed E-state index contributed by atoms with van der Waals surface area (Å²) in [6.45, 7) is 1.78. The number of anilines is 2. The van der Waals surface area contributed by atoms with Gasteiger partial charge in [0.25, 0.3) is 5.91 Å². The quantitative estimate of drug-likeness (QED) is 0.598. The van der Waals surface area contributed by atoms with E-state index < -0.39 is 34.3 Å². The molecule has 0 atom stereocenters. The largest absolute Gasteiger partial charge is 0.416 e. The highest BCUT2D eigenvalue weighted by Gasteiger charge is 2.32. The Morgan fingerprint density at radius 1 is 0.944 bits per heavy atom. The maximum Gasteiger partial charge on any atom is 0.416 e. The van der Waals surface area contributed by atoms with Crippen molar-refractivity contribution in [2.75, 3.05) is 62.3 Å². The van der Waals surface area contributed by atoms with Gasteiger partial charge in [0.2, 0.25) is 10.0 Å². The second-order valence-corrected chi connectivity index (χ2v) is 10.1. The summed E-state index contributed by atoms with van der Waals surface area (Å²) in [6.07, 6.45) is -4.42. The molecule has 2 aromatic rings. The minimum Gasteiger partial charge on any atom is -0.378 e. The maximum atomic E-state index is 14.0. The van der Waals surface area contributed by atoms with Crippen molar-refractivity contribution >= 4 is 27.3 Å². The summed E-state index contributed by atoms with van der Waals surface area (Å²) in [5.74, 6) is -0.469. The van der Waals surface area contributed by atoms with Crippen LogP contribution in [0.3, 0.4) is 0 Å². The van der Waals surface area contributed by atoms with Crippen molar-refractivity contribution in [1.82, 2.24) is 4.90 Å². The number of alkyl halides is 4. The molecular formula is C23H26F4N4O4S. The van der Waals surface area contributed by atoms with Crippen LogP contribution in [0, 0.1) is 0 Å². The normalized spacial score (nSPS) is 17.4. The van der Waals surface area contributed by atoms with E-state index in [9.17, 15) is 30.8 Å². The van der Waals surface area contributed by atoms with Gasteiger partial charge < -0.3 is 19.4 Å². The van der Waals surface area contributed by atoms with Gasteiger partial charge in [0.15, 0.2) is 0 Å². The lowest BCUT2D eigenvalue weighted by atomic mass is 10.0. The Morgan fingerprint density at radius 2 is 1.56 bits per heavy atom. The molecule has 2 N–H and O–H groups in total. The summed E-state index contributed by atoms with van der Waals surface area (Å²) in [6, 6.07) is 7.14. The van der Waals surface area contributed by atoms with Gasteiger partial charge in [0.1, 0.15) is 6.67 Å². The number of amides is 1. The predicted octanol–water partition coefficient (Wildman–Crippen LogP) is 2.62. The summed E-state index contributed by atoms with van der Waals surface area (Å²) < 4.78 is 82.0. The summed E-state index contributed by atoms with van der Waals surface area (Å²) in [7, 11) is -4.20. The van der Waals surface area contributed by atoms with Crippen LogP contribution in [0.25, 0.3) is 0 Å². The zero-order chi connectivity index (χ0) is 26.1. The van der Waals surface area contributed by atoms with E-state index in [1.54, 1.807) is 4.90 Å². The highest BCUT2D eigenvalue weighted by molar-refractivity contribution is 7.89. The Morgan fingerprint density at radius 3 is 2.08 bits per heavy atom. The number of halogens is 4. The Labute approximate surface area is 206 Å². The van der Waals surface area contributed by atoms with Crippen molar-refractivity contribution in [2.24, 2.45) is 5.14 Å². The van der Waals surface area contributed by atoms with E-state index in [4.69, 9.17) is 9.88 Å². The van der Waals surface area contributed by atoms with Crippen molar-refractivity contribution in [3.63, 3.8) is 0 Å². The summed E-state index contributed by atoms with van der Waals surface area (Å²) in [5, 5.41) is 5.29. The van der Waals surface area contributed by atoms with Gasteiger partial charge in [-0.05, 0) is 36.4 Å². The first-order valence-corrected chi connectivity index (χ1v) is 12.8. The third-order valence-corrected chi connectivity index (χ3v) is 7.21. The van der Waals surface area contributed by atoms with Crippen LogP contribution in [0.2, 0.25) is 0 Å². The lowest BCUT2D eigenvalue weighted by Crippen LogP contribution is -2.49. The number of hydrogen-bond donors (Lipinski definition) is 1. The van der Waals surface area contributed by atoms with Crippen molar-refractivity contribution in [2.45, 2.75) is 17.7 Å². The molecule has 2 heterocycles. The van der Waals surface area contributed by atoms with E-state index in [-0.39, 0.29) is 29.1 Å². The molecule has 0 bridgehead atoms. The van der Waals surface area contributed by atoms with Gasteiger partial charge in [0, 0.05) is 50.5 Å². The fourth-order valence-electron chi connectivity index (χ4n) is 4.45. The number of carbonyl (C=O) groups excluding carboxylic acids is 1. The third-order valence-electron chi connectivity index (χ3n) is 6.32. The van der Waals surface area contributed by atoms with Crippen LogP contribution in [-0.2, 0) is 27.6 Å². The molecule has 0 unspecified atom stereocenters. The lowest BCUT2D eigenvalue weighted by Gasteiger charge is -2.37. The van der Waals surface area contributed by atoms with Crippen LogP contribution in [0.1, 0.15) is 21.5 Å². The zero-order valence-electron chi connectivity index (χ0n) is 19.3. The molecule has 2 aromatic carbocycles. The Hall–Kier alpha value is -2.90. The summed E-state index contributed by atoms with van der Waals surface area (Å²) >= 11 is 0. The average Bonchev–Trinajstić information content (AvgIpc) is 2.87. The first kappa shape index (κ1) is 26.2. The number of rotatable bonds is 5. The molecule has 2 fully saturated rings. The van der Waals surface area contributed by atoms with E-state index in [0.717, 1.165) is 18.2 Å². The molecule has 8 nitrogen and oxygen atoms in total. The van der Waals surface area contributed by atoms with E-state index in [0.29, 0.717) is 50.8 Å². The minimum atomic E-state index is -4.42. The van der Waals surface area contributed by atoms with Crippen LogP contribution in [0.15, 0.2) is 41.3 Å². The van der Waals surface area contributed by atoms with Crippen LogP contribution in [0.4, 0.5) is 28.9 Å². The number of piperazine rings is 1. The summed E-state index contributed by atoms with van der Waals surface area (Å²) in [4.78, 5) is 18.4. The Balaban J connectivity index is 1.58. The van der Waals surface area contributed by atoms with Gasteiger partial charge in [-0.25, -0.2) is 17.9 Å². The van der Waals surface area contributed by atoms with Crippen LogP contribution < -0.4 is 14.9 Å². The number of benzene rings is 2. The number of hydrogen-bond acceptors (Lipinski definition) is 6. The Kier molecular flexibility index (Phi) is 7.43. The Bertz CT molecular complexity index is 1210. The molecule has 13 heteroatoms. The van der Waals surface area contributed by atoms with Gasteiger partial charge in [-0.3, -0.25) is 4.79 Å². The highest BCUT2D eigenvalue weighted by atomic mass is 32.2. The van der Waals surface area contributed by atoms with Crippen LogP contribution in [-0.4, -0.2) is 71.7 Å². The highest BCUT2D eigenvalue weighted by Crippen LogP contribution is 2.33. The number of morpholine rings is 1. The van der Waals surface area contributed by atoms with Gasteiger partial charge >= 0.3 is 6.18 Å². The average molecular weight is 531 g/mol. The molecule has 196 valence electrons. The van der Waals surface area contributed by atoms with Crippen molar-refractivity contribution in [1.29, 1.82) is 0 Å².